The van der Waals surface area contributed by atoms with Gasteiger partial charge in [0.25, 0.3) is 0 Å². The Hall–Kier alpha value is -5.76. The van der Waals surface area contributed by atoms with Gasteiger partial charge in [-0.3, -0.25) is 9.98 Å². The van der Waals surface area contributed by atoms with Gasteiger partial charge < -0.3 is 0 Å². The minimum atomic E-state index is -0.534. The van der Waals surface area contributed by atoms with Crippen LogP contribution in [0.4, 0.5) is 0 Å². The number of unbranched alkanes of at least 4 members (excludes halogenated alkanes) is 4. The second-order valence-corrected chi connectivity index (χ2v) is 32.2. The number of rotatable bonds is 31. The number of fused-ring (bicyclic) bond motifs is 5. The summed E-state index contributed by atoms with van der Waals surface area (Å²) in [7, 11) is 0. The summed E-state index contributed by atoms with van der Waals surface area (Å²) in [5.74, 6) is 2.62. The Bertz CT molecular complexity index is 4050. The Balaban J connectivity index is 0.968. The summed E-state index contributed by atoms with van der Waals surface area (Å²) in [6.45, 7) is 24.0. The number of nitrogens with zero attached hydrogens (tertiary/aromatic N) is 2. The molecule has 0 saturated heterocycles. The van der Waals surface area contributed by atoms with Crippen LogP contribution >= 0.6 is 45.3 Å². The van der Waals surface area contributed by atoms with Gasteiger partial charge in [-0.2, -0.15) is 0 Å². The van der Waals surface area contributed by atoms with Crippen molar-refractivity contribution in [2.45, 2.75) is 214 Å². The van der Waals surface area contributed by atoms with Crippen LogP contribution in [0, 0.1) is 23.7 Å². The van der Waals surface area contributed by atoms with Crippen molar-refractivity contribution in [2.24, 2.45) is 33.7 Å². The van der Waals surface area contributed by atoms with Crippen molar-refractivity contribution in [3.8, 4) is 72.4 Å². The first-order valence-electron chi connectivity index (χ1n) is 35.6. The summed E-state index contributed by atoms with van der Waals surface area (Å²) in [5.41, 5.74) is 17.0. The number of hydrogen-bond acceptors (Lipinski definition) is 6. The molecule has 4 aromatic heterocycles. The molecule has 6 heteroatoms. The van der Waals surface area contributed by atoms with Crippen molar-refractivity contribution in [3.05, 3.63) is 191 Å². The molecule has 91 heavy (non-hydrogen) atoms. The van der Waals surface area contributed by atoms with E-state index in [-0.39, 0.29) is 10.8 Å². The summed E-state index contributed by atoms with van der Waals surface area (Å²) < 4.78 is 0. The summed E-state index contributed by atoms with van der Waals surface area (Å²) in [6, 6.07) is 61.4. The molecule has 2 nitrogen and oxygen atoms in total. The lowest BCUT2D eigenvalue weighted by molar-refractivity contribution is 0.278. The highest BCUT2D eigenvalue weighted by Gasteiger charge is 2.58. The van der Waals surface area contributed by atoms with E-state index >= 15 is 0 Å². The van der Waals surface area contributed by atoms with E-state index in [4.69, 9.17) is 9.98 Å². The lowest BCUT2D eigenvalue weighted by Crippen LogP contribution is -2.33. The molecule has 4 unspecified atom stereocenters. The van der Waals surface area contributed by atoms with E-state index in [1.807, 2.05) is 45.3 Å². The normalized spacial score (nSPS) is 18.4. The highest BCUT2D eigenvalue weighted by molar-refractivity contribution is 7.26. The van der Waals surface area contributed by atoms with Gasteiger partial charge >= 0.3 is 0 Å². The maximum absolute atomic E-state index is 5.35. The Kier molecular flexibility index (Phi) is 20.7. The smallest absolute Gasteiger partial charge is 0.146 e. The number of benzene rings is 5. The number of allylic oxidation sites excluding steroid dienone is 2. The summed E-state index contributed by atoms with van der Waals surface area (Å²) in [6.07, 6.45) is 25.3. The van der Waals surface area contributed by atoms with Crippen LogP contribution in [-0.2, 0) is 10.8 Å². The minimum Gasteiger partial charge on any atom is -0.253 e. The molecular weight excluding hydrogens is 1180 g/mol. The molecule has 0 amide bonds. The quantitative estimate of drug-likeness (QED) is 0.0414. The van der Waals surface area contributed by atoms with Gasteiger partial charge in [-0.1, -0.05) is 255 Å². The molecule has 0 bridgehead atoms. The van der Waals surface area contributed by atoms with Gasteiger partial charge in [0, 0.05) is 61.0 Å². The molecule has 2 aliphatic carbocycles. The zero-order valence-electron chi connectivity index (χ0n) is 56.5. The van der Waals surface area contributed by atoms with Crippen LogP contribution in [0.2, 0.25) is 0 Å². The summed E-state index contributed by atoms with van der Waals surface area (Å²) in [5, 5.41) is 2.03. The largest absolute Gasteiger partial charge is 0.253 e. The fraction of sp³-hybridized carbons (Fsp3) is 0.435. The van der Waals surface area contributed by atoms with Gasteiger partial charge in [0.2, 0.25) is 0 Å². The molecule has 474 valence electrons. The predicted octanol–water partition coefficient (Wildman–Crippen LogP) is 26.4. The third kappa shape index (κ3) is 13.3. The summed E-state index contributed by atoms with van der Waals surface area (Å²) in [4.78, 5) is 21.1. The van der Waals surface area contributed by atoms with Crippen molar-refractivity contribution in [1.29, 1.82) is 0 Å². The highest BCUT2D eigenvalue weighted by atomic mass is 32.1. The Morgan fingerprint density at radius 2 is 0.637 bits per heavy atom. The number of thiophene rings is 4. The molecule has 4 atom stereocenters. The average molecular weight is 1280 g/mol. The van der Waals surface area contributed by atoms with Crippen LogP contribution in [-0.4, -0.2) is 5.66 Å². The molecule has 3 aliphatic rings. The topological polar surface area (TPSA) is 24.7 Å². The molecule has 0 radical (unpaired) electrons. The Morgan fingerprint density at radius 3 is 1.02 bits per heavy atom. The standard InChI is InChI=1S/C85H100N2S4/c1-11-19-29-57(15-5)53-84(54-58(16-6)30-20-12-2)69-51-63(61-33-25-23-26-34-61)37-39-65(69)79-80(84)66-40-38-64(52-70(66)85(79,55-59(17-7)31-21-13-3)56-60(18-8)32-22-14-4)72-44-48-76(89-72)78-50-46-74(91-78)68-42-41-67(81-82(68)87-83(9,10)86-81)73-45-49-77(90-73)75-47-43-71(88-75)62-35-27-24-28-36-62/h23-28,33-52,57-60H,11-22,29-32,53-56H2,1-10H3. The molecule has 0 spiro atoms. The predicted molar refractivity (Wildman–Crippen MR) is 401 cm³/mol. The van der Waals surface area contributed by atoms with Crippen molar-refractivity contribution >= 4 is 56.5 Å². The monoisotopic (exact) mass is 1280 g/mol. The van der Waals surface area contributed by atoms with E-state index in [1.165, 1.54) is 201 Å². The van der Waals surface area contributed by atoms with Crippen molar-refractivity contribution in [1.82, 2.24) is 0 Å². The van der Waals surface area contributed by atoms with Crippen LogP contribution in [0.25, 0.3) is 83.5 Å². The SMILES string of the molecule is CCCCC(CC)CC1(CC(CC)CCCC)C2=C(c3ccc(-c4ccccc4)cc31)C(CC(CC)CCCC)(CC(CC)CCCC)c1cc(-c3ccc(-c4ccc(-c5ccc(-c6ccc(-c7ccc(-c8ccccc8)s7)s6)c6c5=NC(C)(C)N=6)s4)s3)ccc12. The molecule has 0 N–H and O–H groups in total. The van der Waals surface area contributed by atoms with Gasteiger partial charge in [0.05, 0.1) is 10.7 Å². The highest BCUT2D eigenvalue weighted by Crippen LogP contribution is 2.70. The minimum absolute atomic E-state index is 0.0808. The van der Waals surface area contributed by atoms with Gasteiger partial charge in [0.15, 0.2) is 0 Å². The van der Waals surface area contributed by atoms with E-state index in [0.717, 1.165) is 10.7 Å². The molecule has 12 rings (SSSR count). The van der Waals surface area contributed by atoms with Crippen LogP contribution in [0.3, 0.4) is 0 Å². The van der Waals surface area contributed by atoms with E-state index < -0.39 is 5.66 Å². The van der Waals surface area contributed by atoms with Gasteiger partial charge in [-0.05, 0) is 180 Å². The maximum atomic E-state index is 5.35. The van der Waals surface area contributed by atoms with Crippen molar-refractivity contribution in [3.63, 3.8) is 0 Å². The zero-order valence-corrected chi connectivity index (χ0v) is 59.8. The van der Waals surface area contributed by atoms with Gasteiger partial charge in [0.1, 0.15) is 5.66 Å². The lowest BCUT2D eigenvalue weighted by atomic mass is 9.62. The second kappa shape index (κ2) is 28.8. The molecule has 9 aromatic rings. The molecule has 0 saturated carbocycles. The molecule has 0 fully saturated rings. The summed E-state index contributed by atoms with van der Waals surface area (Å²) >= 11 is 7.60. The van der Waals surface area contributed by atoms with E-state index in [1.54, 1.807) is 33.4 Å². The van der Waals surface area contributed by atoms with E-state index in [0.29, 0.717) is 23.7 Å². The first kappa shape index (κ1) is 65.3. The molecular formula is C85H100N2S4. The Labute approximate surface area is 563 Å². The van der Waals surface area contributed by atoms with Gasteiger partial charge in [-0.25, -0.2) is 0 Å². The van der Waals surface area contributed by atoms with Crippen LogP contribution in [0.1, 0.15) is 220 Å². The first-order chi connectivity index (χ1) is 44.4. The molecule has 5 aromatic carbocycles. The maximum Gasteiger partial charge on any atom is 0.146 e. The van der Waals surface area contributed by atoms with E-state index in [9.17, 15) is 0 Å². The molecule has 5 heterocycles. The zero-order chi connectivity index (χ0) is 63.3. The Morgan fingerprint density at radius 1 is 0.319 bits per heavy atom. The van der Waals surface area contributed by atoms with Crippen LogP contribution in [0.15, 0.2) is 168 Å². The average Bonchev–Trinajstić information content (AvgIpc) is 1.51. The fourth-order valence-corrected chi connectivity index (χ4v) is 20.7. The molecule has 1 aliphatic heterocycles. The lowest BCUT2D eigenvalue weighted by Gasteiger charge is -2.41. The van der Waals surface area contributed by atoms with Crippen molar-refractivity contribution < 1.29 is 0 Å². The fourth-order valence-electron chi connectivity index (χ4n) is 16.4. The second-order valence-electron chi connectivity index (χ2n) is 27.9. The van der Waals surface area contributed by atoms with Gasteiger partial charge in [-0.15, -0.1) is 45.3 Å². The van der Waals surface area contributed by atoms with Crippen molar-refractivity contribution in [2.75, 3.05) is 0 Å². The first-order valence-corrected chi connectivity index (χ1v) is 38.9. The van der Waals surface area contributed by atoms with Crippen LogP contribution in [0.5, 0.6) is 0 Å². The third-order valence-corrected chi connectivity index (χ3v) is 26.2. The third-order valence-electron chi connectivity index (χ3n) is 21.4. The van der Waals surface area contributed by atoms with Crippen LogP contribution < -0.4 is 10.7 Å². The van der Waals surface area contributed by atoms with E-state index in [2.05, 4.69) is 227 Å². The number of hydrogen-bond donors (Lipinski definition) is 0.